The van der Waals surface area contributed by atoms with Crippen molar-refractivity contribution in [3.05, 3.63) is 0 Å². The van der Waals surface area contributed by atoms with E-state index in [1.54, 1.807) is 0 Å². The Kier molecular flexibility index (Phi) is 7.33. The fourth-order valence-corrected chi connectivity index (χ4v) is 2.83. The predicted molar refractivity (Wildman–Crippen MR) is 82.6 cm³/mol. The molecule has 3 heteroatoms. The van der Waals surface area contributed by atoms with Gasteiger partial charge in [-0.2, -0.15) is 0 Å². The second-order valence-electron chi connectivity index (χ2n) is 6.87. The second kappa shape index (κ2) is 8.23. The standard InChI is InChI=1S/C16H34N2O/c1-6-16(4,12-17-14(2)3)13-18-9-7-15(8-10-18)11-19-5/h14-15,17H,6-13H2,1-5H3. The molecule has 1 unspecified atom stereocenters. The van der Waals surface area contributed by atoms with Crippen LogP contribution >= 0.6 is 0 Å². The summed E-state index contributed by atoms with van der Waals surface area (Å²) in [6, 6.07) is 0.582. The first-order chi connectivity index (χ1) is 8.99. The third kappa shape index (κ3) is 6.24. The average Bonchev–Trinajstić information content (AvgIpc) is 2.39. The van der Waals surface area contributed by atoms with Gasteiger partial charge in [-0.05, 0) is 43.7 Å². The smallest absolute Gasteiger partial charge is 0.0491 e. The van der Waals surface area contributed by atoms with Crippen molar-refractivity contribution in [3.8, 4) is 0 Å². The van der Waals surface area contributed by atoms with Gasteiger partial charge in [0.15, 0.2) is 0 Å². The van der Waals surface area contributed by atoms with Crippen molar-refractivity contribution < 1.29 is 4.74 Å². The molecule has 0 aliphatic carbocycles. The maximum atomic E-state index is 5.28. The van der Waals surface area contributed by atoms with Gasteiger partial charge in [-0.1, -0.05) is 27.7 Å². The van der Waals surface area contributed by atoms with Crippen LogP contribution in [0.1, 0.15) is 47.0 Å². The first kappa shape index (κ1) is 16.9. The minimum absolute atomic E-state index is 0.401. The van der Waals surface area contributed by atoms with E-state index in [-0.39, 0.29) is 0 Å². The molecule has 1 N–H and O–H groups in total. The van der Waals surface area contributed by atoms with E-state index >= 15 is 0 Å². The van der Waals surface area contributed by atoms with Crippen LogP contribution in [0.2, 0.25) is 0 Å². The molecule has 0 saturated carbocycles. The number of piperidine rings is 1. The Bertz CT molecular complexity index is 237. The number of methoxy groups -OCH3 is 1. The highest BCUT2D eigenvalue weighted by molar-refractivity contribution is 4.83. The molecule has 0 aromatic carbocycles. The molecule has 1 heterocycles. The fraction of sp³-hybridized carbons (Fsp3) is 1.00. The van der Waals surface area contributed by atoms with Gasteiger partial charge in [0, 0.05) is 32.8 Å². The summed E-state index contributed by atoms with van der Waals surface area (Å²) >= 11 is 0. The zero-order chi connectivity index (χ0) is 14.3. The van der Waals surface area contributed by atoms with Crippen molar-refractivity contribution in [1.29, 1.82) is 0 Å². The molecular weight excluding hydrogens is 236 g/mol. The number of rotatable bonds is 8. The number of nitrogens with zero attached hydrogens (tertiary/aromatic N) is 1. The average molecular weight is 270 g/mol. The number of nitrogens with one attached hydrogen (secondary N) is 1. The molecular formula is C16H34N2O. The molecule has 1 saturated heterocycles. The Morgan fingerprint density at radius 2 is 1.95 bits per heavy atom. The lowest BCUT2D eigenvalue weighted by atomic mass is 9.85. The van der Waals surface area contributed by atoms with Crippen molar-refractivity contribution in [3.63, 3.8) is 0 Å². The lowest BCUT2D eigenvalue weighted by Crippen LogP contribution is -2.46. The van der Waals surface area contributed by atoms with Crippen molar-refractivity contribution in [1.82, 2.24) is 10.2 Å². The maximum absolute atomic E-state index is 5.28. The van der Waals surface area contributed by atoms with Gasteiger partial charge < -0.3 is 15.0 Å². The molecule has 1 aliphatic heterocycles. The minimum atomic E-state index is 0.401. The zero-order valence-electron chi connectivity index (χ0n) is 13.7. The summed E-state index contributed by atoms with van der Waals surface area (Å²) in [5.74, 6) is 0.780. The number of hydrogen-bond acceptors (Lipinski definition) is 3. The molecule has 1 aliphatic rings. The van der Waals surface area contributed by atoms with Gasteiger partial charge >= 0.3 is 0 Å². The van der Waals surface area contributed by atoms with E-state index in [1.807, 2.05) is 7.11 Å². The SMILES string of the molecule is CCC(C)(CNC(C)C)CN1CCC(COC)CC1. The van der Waals surface area contributed by atoms with Crippen molar-refractivity contribution >= 4 is 0 Å². The van der Waals surface area contributed by atoms with Gasteiger partial charge in [0.1, 0.15) is 0 Å². The summed E-state index contributed by atoms with van der Waals surface area (Å²) in [5.41, 5.74) is 0.401. The number of hydrogen-bond donors (Lipinski definition) is 1. The molecule has 1 rings (SSSR count). The molecule has 0 aromatic rings. The largest absolute Gasteiger partial charge is 0.384 e. The molecule has 0 bridgehead atoms. The summed E-state index contributed by atoms with van der Waals surface area (Å²) in [5, 5.41) is 3.61. The van der Waals surface area contributed by atoms with E-state index in [4.69, 9.17) is 4.74 Å². The Labute approximate surface area is 120 Å². The number of ether oxygens (including phenoxy) is 1. The highest BCUT2D eigenvalue weighted by Gasteiger charge is 2.28. The molecule has 114 valence electrons. The summed E-state index contributed by atoms with van der Waals surface area (Å²) in [6.07, 6.45) is 3.83. The van der Waals surface area contributed by atoms with Gasteiger partial charge in [0.05, 0.1) is 0 Å². The predicted octanol–water partition coefficient (Wildman–Crippen LogP) is 2.76. The van der Waals surface area contributed by atoms with Gasteiger partial charge in [-0.15, -0.1) is 0 Å². The van der Waals surface area contributed by atoms with E-state index in [0.717, 1.165) is 19.1 Å². The Hall–Kier alpha value is -0.120. The van der Waals surface area contributed by atoms with Crippen LogP contribution in [0, 0.1) is 11.3 Å². The Balaban J connectivity index is 2.36. The normalized spacial score (nSPS) is 21.8. The van der Waals surface area contributed by atoms with Crippen LogP contribution in [0.15, 0.2) is 0 Å². The maximum Gasteiger partial charge on any atom is 0.0491 e. The first-order valence-electron chi connectivity index (χ1n) is 7.94. The van der Waals surface area contributed by atoms with Gasteiger partial charge in [-0.3, -0.25) is 0 Å². The second-order valence-corrected chi connectivity index (χ2v) is 6.87. The molecule has 19 heavy (non-hydrogen) atoms. The molecule has 1 atom stereocenters. The van der Waals surface area contributed by atoms with Crippen LogP contribution in [0.5, 0.6) is 0 Å². The fourth-order valence-electron chi connectivity index (χ4n) is 2.83. The summed E-state index contributed by atoms with van der Waals surface area (Å²) in [6.45, 7) is 15.0. The number of likely N-dealkylation sites (tertiary alicyclic amines) is 1. The zero-order valence-corrected chi connectivity index (χ0v) is 13.7. The molecule has 0 aromatic heterocycles. The molecule has 3 nitrogen and oxygen atoms in total. The van der Waals surface area contributed by atoms with Crippen molar-refractivity contribution in [2.24, 2.45) is 11.3 Å². The molecule has 0 spiro atoms. The van der Waals surface area contributed by atoms with E-state index in [0.29, 0.717) is 11.5 Å². The third-order valence-corrected chi connectivity index (χ3v) is 4.51. The Morgan fingerprint density at radius 3 is 2.42 bits per heavy atom. The summed E-state index contributed by atoms with van der Waals surface area (Å²) in [7, 11) is 1.82. The highest BCUT2D eigenvalue weighted by atomic mass is 16.5. The molecule has 0 amide bonds. The first-order valence-corrected chi connectivity index (χ1v) is 7.94. The van der Waals surface area contributed by atoms with E-state index in [9.17, 15) is 0 Å². The van der Waals surface area contributed by atoms with Gasteiger partial charge in [0.25, 0.3) is 0 Å². The van der Waals surface area contributed by atoms with Crippen molar-refractivity contribution in [2.75, 3.05) is 39.9 Å². The van der Waals surface area contributed by atoms with E-state index in [2.05, 4.69) is 37.9 Å². The van der Waals surface area contributed by atoms with E-state index < -0.39 is 0 Å². The third-order valence-electron chi connectivity index (χ3n) is 4.51. The lowest BCUT2D eigenvalue weighted by Gasteiger charge is -2.39. The lowest BCUT2D eigenvalue weighted by molar-refractivity contribution is 0.0753. The molecule has 1 fully saturated rings. The van der Waals surface area contributed by atoms with E-state index in [1.165, 1.54) is 38.9 Å². The van der Waals surface area contributed by atoms with Crippen LogP contribution in [0.3, 0.4) is 0 Å². The summed E-state index contributed by atoms with van der Waals surface area (Å²) < 4.78 is 5.28. The van der Waals surface area contributed by atoms with Gasteiger partial charge in [-0.25, -0.2) is 0 Å². The Morgan fingerprint density at radius 1 is 1.32 bits per heavy atom. The van der Waals surface area contributed by atoms with Crippen LogP contribution < -0.4 is 5.32 Å². The minimum Gasteiger partial charge on any atom is -0.384 e. The molecule has 0 radical (unpaired) electrons. The van der Waals surface area contributed by atoms with Crippen LogP contribution in [-0.4, -0.2) is 50.8 Å². The summed E-state index contributed by atoms with van der Waals surface area (Å²) in [4.78, 5) is 2.65. The van der Waals surface area contributed by atoms with Crippen LogP contribution in [0.25, 0.3) is 0 Å². The van der Waals surface area contributed by atoms with Crippen molar-refractivity contribution in [2.45, 2.75) is 53.0 Å². The van der Waals surface area contributed by atoms with Crippen LogP contribution in [-0.2, 0) is 4.74 Å². The monoisotopic (exact) mass is 270 g/mol. The topological polar surface area (TPSA) is 24.5 Å². The highest BCUT2D eigenvalue weighted by Crippen LogP contribution is 2.25. The quantitative estimate of drug-likeness (QED) is 0.734. The van der Waals surface area contributed by atoms with Gasteiger partial charge in [0.2, 0.25) is 0 Å². The van der Waals surface area contributed by atoms with Crippen LogP contribution in [0.4, 0.5) is 0 Å².